The smallest absolute Gasteiger partial charge is 0.238 e. The number of rotatable bonds is 7. The normalized spacial score (nSPS) is 11.3. The highest BCUT2D eigenvalue weighted by atomic mass is 79.9. The maximum absolute atomic E-state index is 11.7. The Morgan fingerprint density at radius 1 is 1.45 bits per heavy atom. The van der Waals surface area contributed by atoms with E-state index in [1.165, 1.54) is 18.2 Å². The number of amides is 1. The van der Waals surface area contributed by atoms with E-state index in [2.05, 4.69) is 21.2 Å². The molecule has 0 bridgehead atoms. The van der Waals surface area contributed by atoms with Crippen molar-refractivity contribution in [2.45, 2.75) is 24.7 Å². The fraction of sp³-hybridized carbons (Fsp3) is 0.417. The van der Waals surface area contributed by atoms with Gasteiger partial charge in [-0.3, -0.25) is 4.79 Å². The first-order valence-corrected chi connectivity index (χ1v) is 8.38. The largest absolute Gasteiger partial charge is 0.382 e. The Bertz CT molecular complexity index is 575. The number of sulfonamides is 1. The Balaban J connectivity index is 2.63. The molecule has 1 aromatic rings. The summed E-state index contributed by atoms with van der Waals surface area (Å²) in [4.78, 5) is 11.7. The third-order valence-electron chi connectivity index (χ3n) is 2.44. The Kier molecular flexibility index (Phi) is 6.60. The van der Waals surface area contributed by atoms with Crippen LogP contribution in [0.2, 0.25) is 0 Å². The second kappa shape index (κ2) is 7.72. The number of hydrogen-bond donors (Lipinski definition) is 2. The Morgan fingerprint density at radius 3 is 2.70 bits per heavy atom. The highest BCUT2D eigenvalue weighted by Gasteiger charge is 2.11. The minimum atomic E-state index is -3.75. The first-order chi connectivity index (χ1) is 9.34. The summed E-state index contributed by atoms with van der Waals surface area (Å²) in [6.07, 6.45) is 0.968. The van der Waals surface area contributed by atoms with Gasteiger partial charge in [-0.25, -0.2) is 13.6 Å². The van der Waals surface area contributed by atoms with Crippen LogP contribution in [0, 0.1) is 0 Å². The van der Waals surface area contributed by atoms with Crippen LogP contribution in [0.3, 0.4) is 0 Å². The monoisotopic (exact) mass is 364 g/mol. The lowest BCUT2D eigenvalue weighted by Gasteiger charge is -2.08. The number of carbonyl (C=O) groups excluding carboxylic acids is 1. The van der Waals surface area contributed by atoms with Crippen molar-refractivity contribution in [3.8, 4) is 0 Å². The molecule has 8 heteroatoms. The molecule has 0 aliphatic heterocycles. The van der Waals surface area contributed by atoms with Crippen LogP contribution in [0.25, 0.3) is 0 Å². The fourth-order valence-electron chi connectivity index (χ4n) is 1.47. The molecule has 0 saturated heterocycles. The molecule has 0 aliphatic rings. The predicted octanol–water partition coefficient (Wildman–Crippen LogP) is 1.85. The van der Waals surface area contributed by atoms with E-state index in [0.717, 1.165) is 0 Å². The summed E-state index contributed by atoms with van der Waals surface area (Å²) in [6, 6.07) is 4.19. The van der Waals surface area contributed by atoms with Gasteiger partial charge in [0.2, 0.25) is 15.9 Å². The van der Waals surface area contributed by atoms with Crippen LogP contribution < -0.4 is 10.5 Å². The van der Waals surface area contributed by atoms with Crippen molar-refractivity contribution in [1.82, 2.24) is 0 Å². The second-order valence-corrected chi connectivity index (χ2v) is 6.45. The molecule has 0 aromatic heterocycles. The number of nitrogens with two attached hydrogens (primary N) is 1. The minimum Gasteiger partial charge on any atom is -0.382 e. The van der Waals surface area contributed by atoms with Gasteiger partial charge < -0.3 is 10.1 Å². The highest BCUT2D eigenvalue weighted by Crippen LogP contribution is 2.25. The molecule has 112 valence electrons. The van der Waals surface area contributed by atoms with Crippen molar-refractivity contribution in [1.29, 1.82) is 0 Å². The molecule has 0 radical (unpaired) electrons. The van der Waals surface area contributed by atoms with Crippen LogP contribution >= 0.6 is 15.9 Å². The molecule has 0 unspecified atom stereocenters. The summed E-state index contributed by atoms with van der Waals surface area (Å²) < 4.78 is 28.0. The standard InChI is InChI=1S/C12H17BrN2O4S/c1-2-19-7-3-4-12(16)15-11-6-5-9(8-10(11)13)20(14,17)18/h5-6,8H,2-4,7H2,1H3,(H,15,16)(H2,14,17,18). The van der Waals surface area contributed by atoms with Crippen LogP contribution in [0.5, 0.6) is 0 Å². The van der Waals surface area contributed by atoms with Gasteiger partial charge in [0.05, 0.1) is 10.6 Å². The summed E-state index contributed by atoms with van der Waals surface area (Å²) in [5, 5.41) is 7.71. The van der Waals surface area contributed by atoms with Gasteiger partial charge in [0.1, 0.15) is 0 Å². The number of nitrogens with one attached hydrogen (secondary N) is 1. The minimum absolute atomic E-state index is 0.0151. The molecule has 0 spiro atoms. The van der Waals surface area contributed by atoms with Crippen molar-refractivity contribution in [3.63, 3.8) is 0 Å². The number of ether oxygens (including phenoxy) is 1. The van der Waals surface area contributed by atoms with Crippen LogP contribution in [0.1, 0.15) is 19.8 Å². The maximum Gasteiger partial charge on any atom is 0.238 e. The quantitative estimate of drug-likeness (QED) is 0.721. The molecule has 0 aliphatic carbocycles. The van der Waals surface area contributed by atoms with Crippen LogP contribution in [0.15, 0.2) is 27.6 Å². The molecule has 0 fully saturated rings. The van der Waals surface area contributed by atoms with Crippen LogP contribution in [0.4, 0.5) is 5.69 Å². The predicted molar refractivity (Wildman–Crippen MR) is 79.9 cm³/mol. The van der Waals surface area contributed by atoms with Crippen molar-refractivity contribution in [2.24, 2.45) is 5.14 Å². The lowest BCUT2D eigenvalue weighted by Crippen LogP contribution is -2.14. The van der Waals surface area contributed by atoms with Gasteiger partial charge in [0, 0.05) is 24.1 Å². The summed E-state index contributed by atoms with van der Waals surface area (Å²) in [5.41, 5.74) is 0.499. The summed E-state index contributed by atoms with van der Waals surface area (Å²) >= 11 is 3.20. The molecular formula is C12H17BrN2O4S. The first-order valence-electron chi connectivity index (χ1n) is 6.04. The van der Waals surface area contributed by atoms with E-state index < -0.39 is 10.0 Å². The highest BCUT2D eigenvalue weighted by molar-refractivity contribution is 9.10. The topological polar surface area (TPSA) is 98.5 Å². The molecule has 1 aromatic carbocycles. The average Bonchev–Trinajstić information content (AvgIpc) is 2.36. The van der Waals surface area contributed by atoms with E-state index >= 15 is 0 Å². The molecule has 1 amide bonds. The van der Waals surface area contributed by atoms with E-state index in [0.29, 0.717) is 36.2 Å². The number of primary sulfonamides is 1. The molecule has 0 atom stereocenters. The number of carbonyl (C=O) groups is 1. The van der Waals surface area contributed by atoms with Gasteiger partial charge in [-0.1, -0.05) is 0 Å². The van der Waals surface area contributed by atoms with Gasteiger partial charge in [-0.05, 0) is 47.5 Å². The summed E-state index contributed by atoms with van der Waals surface area (Å²) in [6.45, 7) is 3.06. The second-order valence-electron chi connectivity index (χ2n) is 4.04. The maximum atomic E-state index is 11.7. The van der Waals surface area contributed by atoms with E-state index in [9.17, 15) is 13.2 Å². The van der Waals surface area contributed by atoms with Crippen molar-refractivity contribution in [2.75, 3.05) is 18.5 Å². The van der Waals surface area contributed by atoms with Gasteiger partial charge in [0.25, 0.3) is 0 Å². The molecule has 0 heterocycles. The van der Waals surface area contributed by atoms with E-state index in [-0.39, 0.29) is 10.8 Å². The van der Waals surface area contributed by atoms with Crippen molar-refractivity contribution < 1.29 is 17.9 Å². The third-order valence-corrected chi connectivity index (χ3v) is 4.01. The first kappa shape index (κ1) is 17.1. The molecule has 20 heavy (non-hydrogen) atoms. The molecule has 1 rings (SSSR count). The van der Waals surface area contributed by atoms with E-state index in [1.54, 1.807) is 0 Å². The van der Waals surface area contributed by atoms with Gasteiger partial charge >= 0.3 is 0 Å². The number of halogens is 1. The number of benzene rings is 1. The zero-order chi connectivity index (χ0) is 15.2. The number of anilines is 1. The summed E-state index contributed by atoms with van der Waals surface area (Å²) in [7, 11) is -3.75. The molecular weight excluding hydrogens is 348 g/mol. The lowest BCUT2D eigenvalue weighted by molar-refractivity contribution is -0.116. The Hall–Kier alpha value is -0.960. The van der Waals surface area contributed by atoms with E-state index in [1.807, 2.05) is 6.92 Å². The Labute approximate surface area is 126 Å². The molecule has 6 nitrogen and oxygen atoms in total. The Morgan fingerprint density at radius 2 is 2.15 bits per heavy atom. The SMILES string of the molecule is CCOCCCC(=O)Nc1ccc(S(N)(=O)=O)cc1Br. The zero-order valence-electron chi connectivity index (χ0n) is 11.1. The van der Waals surface area contributed by atoms with Crippen molar-refractivity contribution >= 4 is 37.5 Å². The summed E-state index contributed by atoms with van der Waals surface area (Å²) in [5.74, 6) is -0.159. The number of hydrogen-bond acceptors (Lipinski definition) is 4. The van der Waals surface area contributed by atoms with Gasteiger partial charge in [-0.15, -0.1) is 0 Å². The van der Waals surface area contributed by atoms with Crippen molar-refractivity contribution in [3.05, 3.63) is 22.7 Å². The van der Waals surface area contributed by atoms with E-state index in [4.69, 9.17) is 9.88 Å². The lowest BCUT2D eigenvalue weighted by atomic mass is 10.2. The van der Waals surface area contributed by atoms with Gasteiger partial charge in [0.15, 0.2) is 0 Å². The average molecular weight is 365 g/mol. The molecule has 3 N–H and O–H groups in total. The van der Waals surface area contributed by atoms with Crippen LogP contribution in [-0.2, 0) is 19.6 Å². The fourth-order valence-corrected chi connectivity index (χ4v) is 2.64. The van der Waals surface area contributed by atoms with Crippen LogP contribution in [-0.4, -0.2) is 27.5 Å². The molecule has 0 saturated carbocycles. The third kappa shape index (κ3) is 5.58. The zero-order valence-corrected chi connectivity index (χ0v) is 13.5. The van der Waals surface area contributed by atoms with Gasteiger partial charge in [-0.2, -0.15) is 0 Å².